The summed E-state index contributed by atoms with van der Waals surface area (Å²) in [6.07, 6.45) is 8.42. The van der Waals surface area contributed by atoms with Crippen LogP contribution in [0.15, 0.2) is 17.0 Å². The maximum absolute atomic E-state index is 11.9. The summed E-state index contributed by atoms with van der Waals surface area (Å²) < 4.78 is 3.04. The maximum atomic E-state index is 11.9. The van der Waals surface area contributed by atoms with Crippen molar-refractivity contribution in [3.05, 3.63) is 17.0 Å². The Morgan fingerprint density at radius 1 is 1.35 bits per heavy atom. The van der Waals surface area contributed by atoms with Gasteiger partial charge in [-0.3, -0.25) is 9.69 Å². The van der Waals surface area contributed by atoms with E-state index in [-0.39, 0.29) is 17.6 Å². The Hall–Kier alpha value is -1.67. The average molecular weight is 379 g/mol. The zero-order valence-electron chi connectivity index (χ0n) is 12.7. The third-order valence-electron chi connectivity index (χ3n) is 5.28. The second-order valence-electron chi connectivity index (χ2n) is 6.39. The molecule has 0 aromatic carbocycles. The van der Waals surface area contributed by atoms with Gasteiger partial charge < -0.3 is 16.0 Å². The van der Waals surface area contributed by atoms with Gasteiger partial charge in [0.05, 0.1) is 17.1 Å². The molecule has 122 valence electrons. The van der Waals surface area contributed by atoms with Crippen molar-refractivity contribution in [3.63, 3.8) is 0 Å². The Bertz CT molecular complexity index is 784. The van der Waals surface area contributed by atoms with Crippen molar-refractivity contribution in [2.45, 2.75) is 43.8 Å². The van der Waals surface area contributed by atoms with Crippen molar-refractivity contribution in [3.8, 4) is 0 Å². The molecule has 1 aliphatic heterocycles. The number of halogens is 1. The van der Waals surface area contributed by atoms with E-state index in [1.165, 1.54) is 6.33 Å². The fourth-order valence-electron chi connectivity index (χ4n) is 4.08. The number of anilines is 1. The molecule has 1 atom stereocenters. The highest BCUT2D eigenvalue weighted by Crippen LogP contribution is 2.48. The number of fused-ring (bicyclic) bond motifs is 1. The number of hydrogen-bond acceptors (Lipinski definition) is 5. The molecule has 2 aromatic rings. The third kappa shape index (κ3) is 2.01. The lowest BCUT2D eigenvalue weighted by Gasteiger charge is -2.51. The first-order valence-electron chi connectivity index (χ1n) is 7.88. The molecular weight excluding hydrogens is 360 g/mol. The second-order valence-corrected chi connectivity index (χ2v) is 7.25. The third-order valence-corrected chi connectivity index (χ3v) is 5.89. The molecule has 1 aliphatic carbocycles. The molecule has 1 saturated carbocycles. The van der Waals surface area contributed by atoms with Crippen molar-refractivity contribution in [2.24, 2.45) is 5.73 Å². The van der Waals surface area contributed by atoms with Gasteiger partial charge in [0.2, 0.25) is 5.91 Å². The summed E-state index contributed by atoms with van der Waals surface area (Å²) >= 11 is 3.58. The van der Waals surface area contributed by atoms with E-state index in [9.17, 15) is 4.79 Å². The lowest BCUT2D eigenvalue weighted by Crippen LogP contribution is -2.59. The van der Waals surface area contributed by atoms with Crippen molar-refractivity contribution in [2.75, 3.05) is 12.3 Å². The minimum absolute atomic E-state index is 0.203. The Kier molecular flexibility index (Phi) is 3.35. The standard InChI is InChI=1S/C15H19BrN6O/c16-9-7-22(14-11(9)12(17)19-8-20-14)15(4-2-5-15)21-6-1-3-10(21)13(18)23/h7-8,10H,1-6H2,(H2,18,23)(H2,17,19,20)/t10-/m0/s1. The number of carbonyl (C=O) groups excluding carboxylic acids is 1. The van der Waals surface area contributed by atoms with E-state index in [2.05, 4.69) is 35.4 Å². The zero-order chi connectivity index (χ0) is 16.2. The highest BCUT2D eigenvalue weighted by Gasteiger charge is 2.50. The Balaban J connectivity index is 1.88. The average Bonchev–Trinajstić information content (AvgIpc) is 3.05. The van der Waals surface area contributed by atoms with Crippen LogP contribution in [0.25, 0.3) is 11.0 Å². The van der Waals surface area contributed by atoms with E-state index >= 15 is 0 Å². The molecule has 0 bridgehead atoms. The molecule has 7 nitrogen and oxygen atoms in total. The van der Waals surface area contributed by atoms with E-state index in [1.807, 2.05) is 6.20 Å². The summed E-state index contributed by atoms with van der Waals surface area (Å²) in [7, 11) is 0. The molecule has 1 amide bonds. The molecular formula is C15H19BrN6O. The first-order chi connectivity index (χ1) is 11.0. The fraction of sp³-hybridized carbons (Fsp3) is 0.533. The van der Waals surface area contributed by atoms with Crippen LogP contribution < -0.4 is 11.5 Å². The van der Waals surface area contributed by atoms with Crippen LogP contribution in [-0.4, -0.2) is 37.9 Å². The predicted molar refractivity (Wildman–Crippen MR) is 90.4 cm³/mol. The molecule has 3 heterocycles. The number of amides is 1. The van der Waals surface area contributed by atoms with Gasteiger partial charge in [0.1, 0.15) is 17.8 Å². The van der Waals surface area contributed by atoms with Gasteiger partial charge in [-0.1, -0.05) is 0 Å². The SMILES string of the molecule is NC(=O)[C@@H]1CCCN1C1(n2cc(Br)c3c(N)ncnc32)CCC1. The van der Waals surface area contributed by atoms with Gasteiger partial charge in [0, 0.05) is 17.2 Å². The van der Waals surface area contributed by atoms with Crippen LogP contribution >= 0.6 is 15.9 Å². The highest BCUT2D eigenvalue weighted by atomic mass is 79.9. The largest absolute Gasteiger partial charge is 0.383 e. The summed E-state index contributed by atoms with van der Waals surface area (Å²) in [5, 5.41) is 0.827. The number of nitrogens with zero attached hydrogens (tertiary/aromatic N) is 4. The molecule has 0 spiro atoms. The zero-order valence-corrected chi connectivity index (χ0v) is 14.3. The van der Waals surface area contributed by atoms with E-state index in [1.54, 1.807) is 0 Å². The normalized spacial score (nSPS) is 24.0. The molecule has 1 saturated heterocycles. The summed E-state index contributed by atoms with van der Waals surface area (Å²) in [6.45, 7) is 0.880. The van der Waals surface area contributed by atoms with Gasteiger partial charge in [-0.05, 0) is 48.0 Å². The van der Waals surface area contributed by atoms with E-state index in [0.29, 0.717) is 5.82 Å². The number of carbonyl (C=O) groups is 1. The van der Waals surface area contributed by atoms with Crippen LogP contribution in [0.1, 0.15) is 32.1 Å². The molecule has 4 rings (SSSR count). The molecule has 2 fully saturated rings. The summed E-state index contributed by atoms with van der Waals surface area (Å²) in [5.41, 5.74) is 12.2. The number of rotatable bonds is 3. The lowest BCUT2D eigenvalue weighted by atomic mass is 9.82. The number of nitrogen functional groups attached to an aromatic ring is 1. The van der Waals surface area contributed by atoms with Crippen LogP contribution in [-0.2, 0) is 10.5 Å². The monoisotopic (exact) mass is 378 g/mol. The van der Waals surface area contributed by atoms with E-state index in [0.717, 1.165) is 54.2 Å². The minimum Gasteiger partial charge on any atom is -0.383 e. The number of nitrogens with two attached hydrogens (primary N) is 2. The van der Waals surface area contributed by atoms with Crippen LogP contribution in [0.3, 0.4) is 0 Å². The summed E-state index contributed by atoms with van der Waals surface area (Å²) in [4.78, 5) is 22.7. The van der Waals surface area contributed by atoms with Crippen molar-refractivity contribution in [1.82, 2.24) is 19.4 Å². The molecule has 0 radical (unpaired) electrons. The van der Waals surface area contributed by atoms with Crippen LogP contribution in [0, 0.1) is 0 Å². The van der Waals surface area contributed by atoms with Gasteiger partial charge in [0.25, 0.3) is 0 Å². The fourth-order valence-corrected chi connectivity index (χ4v) is 4.66. The number of primary amides is 1. The summed E-state index contributed by atoms with van der Waals surface area (Å²) in [6, 6.07) is -0.203. The van der Waals surface area contributed by atoms with Gasteiger partial charge >= 0.3 is 0 Å². The van der Waals surface area contributed by atoms with Crippen LogP contribution in [0.2, 0.25) is 0 Å². The van der Waals surface area contributed by atoms with Gasteiger partial charge in [-0.15, -0.1) is 0 Å². The molecule has 8 heteroatoms. The number of likely N-dealkylation sites (tertiary alicyclic amines) is 1. The number of aromatic nitrogens is 3. The lowest BCUT2D eigenvalue weighted by molar-refractivity contribution is -0.130. The van der Waals surface area contributed by atoms with Crippen molar-refractivity contribution >= 4 is 38.7 Å². The predicted octanol–water partition coefficient (Wildman–Crippen LogP) is 1.56. The Morgan fingerprint density at radius 2 is 2.13 bits per heavy atom. The minimum atomic E-state index is -0.238. The van der Waals surface area contributed by atoms with Crippen LogP contribution in [0.5, 0.6) is 0 Å². The summed E-state index contributed by atoms with van der Waals surface area (Å²) in [5.74, 6) is 0.224. The molecule has 2 aromatic heterocycles. The van der Waals surface area contributed by atoms with Crippen LogP contribution in [0.4, 0.5) is 5.82 Å². The van der Waals surface area contributed by atoms with E-state index < -0.39 is 0 Å². The Labute approximate surface area is 142 Å². The van der Waals surface area contributed by atoms with E-state index in [4.69, 9.17) is 11.5 Å². The second kappa shape index (κ2) is 5.17. The molecule has 2 aliphatic rings. The molecule has 23 heavy (non-hydrogen) atoms. The number of hydrogen-bond donors (Lipinski definition) is 2. The Morgan fingerprint density at radius 3 is 2.78 bits per heavy atom. The topological polar surface area (TPSA) is 103 Å². The first kappa shape index (κ1) is 14.9. The molecule has 4 N–H and O–H groups in total. The van der Waals surface area contributed by atoms with Gasteiger partial charge in [-0.2, -0.15) is 0 Å². The first-order valence-corrected chi connectivity index (χ1v) is 8.67. The van der Waals surface area contributed by atoms with Crippen molar-refractivity contribution < 1.29 is 4.79 Å². The van der Waals surface area contributed by atoms with Crippen molar-refractivity contribution in [1.29, 1.82) is 0 Å². The molecule has 0 unspecified atom stereocenters. The van der Waals surface area contributed by atoms with Gasteiger partial charge in [-0.25, -0.2) is 9.97 Å². The smallest absolute Gasteiger partial charge is 0.234 e. The van der Waals surface area contributed by atoms with Gasteiger partial charge in [0.15, 0.2) is 0 Å². The highest BCUT2D eigenvalue weighted by molar-refractivity contribution is 9.10. The quantitative estimate of drug-likeness (QED) is 0.843. The maximum Gasteiger partial charge on any atom is 0.234 e.